The van der Waals surface area contributed by atoms with E-state index in [4.69, 9.17) is 0 Å². The van der Waals surface area contributed by atoms with E-state index in [2.05, 4.69) is 15.7 Å². The van der Waals surface area contributed by atoms with E-state index in [1.165, 1.54) is 12.1 Å². The number of nitrogens with one attached hydrogen (secondary N) is 2. The van der Waals surface area contributed by atoms with Crippen molar-refractivity contribution in [2.45, 2.75) is 32.7 Å². The number of carbonyl (C=O) groups is 1. The van der Waals surface area contributed by atoms with Crippen molar-refractivity contribution >= 4 is 5.91 Å². The lowest BCUT2D eigenvalue weighted by molar-refractivity contribution is 0.0929. The number of aryl methyl sites for hydroxylation is 1. The summed E-state index contributed by atoms with van der Waals surface area (Å²) in [6.07, 6.45) is 2.06. The van der Waals surface area contributed by atoms with Crippen molar-refractivity contribution in [1.29, 1.82) is 0 Å². The zero-order valence-electron chi connectivity index (χ0n) is 13.4. The van der Waals surface area contributed by atoms with E-state index in [-0.39, 0.29) is 17.8 Å². The maximum absolute atomic E-state index is 13.1. The average molecular weight is 316 g/mol. The van der Waals surface area contributed by atoms with Gasteiger partial charge in [-0.3, -0.25) is 4.79 Å². The van der Waals surface area contributed by atoms with Crippen molar-refractivity contribution in [2.75, 3.05) is 13.1 Å². The molecular weight excluding hydrogens is 295 g/mol. The topological polar surface area (TPSA) is 59.0 Å². The van der Waals surface area contributed by atoms with Crippen LogP contribution in [0.15, 0.2) is 24.3 Å². The molecule has 1 aromatic heterocycles. The van der Waals surface area contributed by atoms with Crippen LogP contribution in [-0.4, -0.2) is 34.8 Å². The number of halogens is 1. The lowest BCUT2D eigenvalue weighted by atomic mass is 10.1. The van der Waals surface area contributed by atoms with Crippen LogP contribution in [0.5, 0.6) is 0 Å². The summed E-state index contributed by atoms with van der Waals surface area (Å²) in [5.41, 5.74) is 2.77. The van der Waals surface area contributed by atoms with Crippen molar-refractivity contribution in [2.24, 2.45) is 0 Å². The fourth-order valence-electron chi connectivity index (χ4n) is 3.04. The molecule has 1 aromatic carbocycles. The second-order valence-electron chi connectivity index (χ2n) is 5.95. The minimum atomic E-state index is -0.293. The highest BCUT2D eigenvalue weighted by molar-refractivity contribution is 5.96. The third-order valence-corrected chi connectivity index (χ3v) is 4.22. The van der Waals surface area contributed by atoms with E-state index in [1.807, 2.05) is 13.8 Å². The number of aromatic nitrogens is 2. The first-order valence-electron chi connectivity index (χ1n) is 7.90. The number of hydrogen-bond acceptors (Lipinski definition) is 3. The van der Waals surface area contributed by atoms with E-state index in [1.54, 1.807) is 16.8 Å². The molecule has 0 radical (unpaired) electrons. The molecule has 5 nitrogen and oxygen atoms in total. The van der Waals surface area contributed by atoms with Crippen molar-refractivity contribution < 1.29 is 9.18 Å². The molecule has 0 unspecified atom stereocenters. The van der Waals surface area contributed by atoms with Gasteiger partial charge in [0, 0.05) is 12.6 Å². The lowest BCUT2D eigenvalue weighted by Gasteiger charge is -2.23. The van der Waals surface area contributed by atoms with Crippen LogP contribution in [0, 0.1) is 19.7 Å². The highest BCUT2D eigenvalue weighted by Crippen LogP contribution is 2.18. The molecule has 1 atom stereocenters. The number of nitrogens with zero attached hydrogens (tertiary/aromatic N) is 2. The van der Waals surface area contributed by atoms with Crippen LogP contribution in [-0.2, 0) is 0 Å². The van der Waals surface area contributed by atoms with Gasteiger partial charge in [0.2, 0.25) is 0 Å². The van der Waals surface area contributed by atoms with Crippen molar-refractivity contribution in [3.05, 3.63) is 47.0 Å². The van der Waals surface area contributed by atoms with Gasteiger partial charge in [-0.2, -0.15) is 5.10 Å². The first-order valence-corrected chi connectivity index (χ1v) is 7.90. The van der Waals surface area contributed by atoms with Crippen LogP contribution in [0.1, 0.15) is 34.6 Å². The van der Waals surface area contributed by atoms with Gasteiger partial charge < -0.3 is 10.6 Å². The lowest BCUT2D eigenvalue weighted by Crippen LogP contribution is -2.45. The van der Waals surface area contributed by atoms with Crippen LogP contribution in [0.2, 0.25) is 0 Å². The molecule has 2 aromatic rings. The zero-order chi connectivity index (χ0) is 16.4. The third kappa shape index (κ3) is 3.27. The van der Waals surface area contributed by atoms with E-state index < -0.39 is 0 Å². The SMILES string of the molecule is Cc1nn(-c2ccc(F)cc2)c(C)c1C(=O)N[C@H]1CCCNC1. The second kappa shape index (κ2) is 6.50. The predicted octanol–water partition coefficient (Wildman–Crippen LogP) is 2.11. The van der Waals surface area contributed by atoms with Gasteiger partial charge in [0.1, 0.15) is 5.82 Å². The Morgan fingerprint density at radius 2 is 2.09 bits per heavy atom. The maximum atomic E-state index is 13.1. The van der Waals surface area contributed by atoms with Gasteiger partial charge in [-0.15, -0.1) is 0 Å². The summed E-state index contributed by atoms with van der Waals surface area (Å²) >= 11 is 0. The van der Waals surface area contributed by atoms with Crippen molar-refractivity contribution in [1.82, 2.24) is 20.4 Å². The number of piperidine rings is 1. The highest BCUT2D eigenvalue weighted by Gasteiger charge is 2.22. The monoisotopic (exact) mass is 316 g/mol. The minimum absolute atomic E-state index is 0.0953. The smallest absolute Gasteiger partial charge is 0.255 e. The molecular formula is C17H21FN4O. The summed E-state index contributed by atoms with van der Waals surface area (Å²) in [5.74, 6) is -0.389. The largest absolute Gasteiger partial charge is 0.348 e. The molecule has 1 fully saturated rings. The minimum Gasteiger partial charge on any atom is -0.348 e. The van der Waals surface area contributed by atoms with Crippen LogP contribution in [0.25, 0.3) is 5.69 Å². The molecule has 0 spiro atoms. The molecule has 6 heteroatoms. The van der Waals surface area contributed by atoms with E-state index in [9.17, 15) is 9.18 Å². The van der Waals surface area contributed by atoms with Gasteiger partial charge in [0.15, 0.2) is 0 Å². The molecule has 1 aliphatic rings. The standard InChI is InChI=1S/C17H21FN4O/c1-11-16(17(23)20-14-4-3-9-19-10-14)12(2)22(21-11)15-7-5-13(18)6-8-15/h5-8,14,19H,3-4,9-10H2,1-2H3,(H,20,23)/t14-/m0/s1. The van der Waals surface area contributed by atoms with Crippen LogP contribution in [0.3, 0.4) is 0 Å². The van der Waals surface area contributed by atoms with Crippen LogP contribution in [0.4, 0.5) is 4.39 Å². The third-order valence-electron chi connectivity index (χ3n) is 4.22. The van der Waals surface area contributed by atoms with Gasteiger partial charge >= 0.3 is 0 Å². The Kier molecular flexibility index (Phi) is 4.43. The van der Waals surface area contributed by atoms with Gasteiger partial charge in [-0.05, 0) is 57.5 Å². The Bertz CT molecular complexity index is 702. The molecule has 122 valence electrons. The normalized spacial score (nSPS) is 18.0. The Labute approximate surface area is 134 Å². The number of carbonyl (C=O) groups excluding carboxylic acids is 1. The molecule has 23 heavy (non-hydrogen) atoms. The number of rotatable bonds is 3. The Morgan fingerprint density at radius 3 is 2.74 bits per heavy atom. The van der Waals surface area contributed by atoms with E-state index in [0.29, 0.717) is 11.3 Å². The molecule has 2 heterocycles. The first kappa shape index (κ1) is 15.7. The summed E-state index contributed by atoms with van der Waals surface area (Å²) in [4.78, 5) is 12.6. The fourth-order valence-corrected chi connectivity index (χ4v) is 3.04. The maximum Gasteiger partial charge on any atom is 0.255 e. The zero-order valence-corrected chi connectivity index (χ0v) is 13.4. The second-order valence-corrected chi connectivity index (χ2v) is 5.95. The van der Waals surface area contributed by atoms with E-state index in [0.717, 1.165) is 37.3 Å². The molecule has 1 amide bonds. The molecule has 3 rings (SSSR count). The average Bonchev–Trinajstić information content (AvgIpc) is 2.84. The summed E-state index contributed by atoms with van der Waals surface area (Å²) < 4.78 is 14.8. The summed E-state index contributed by atoms with van der Waals surface area (Å²) in [6.45, 7) is 5.49. The number of benzene rings is 1. The van der Waals surface area contributed by atoms with E-state index >= 15 is 0 Å². The van der Waals surface area contributed by atoms with Crippen LogP contribution < -0.4 is 10.6 Å². The Balaban J connectivity index is 1.85. The van der Waals surface area contributed by atoms with Gasteiger partial charge in [-0.1, -0.05) is 0 Å². The molecule has 2 N–H and O–H groups in total. The summed E-state index contributed by atoms with van der Waals surface area (Å²) in [7, 11) is 0. The fraction of sp³-hybridized carbons (Fsp3) is 0.412. The number of amides is 1. The quantitative estimate of drug-likeness (QED) is 0.912. The molecule has 0 saturated carbocycles. The van der Waals surface area contributed by atoms with Gasteiger partial charge in [-0.25, -0.2) is 9.07 Å². The van der Waals surface area contributed by atoms with Gasteiger partial charge in [0.25, 0.3) is 5.91 Å². The first-order chi connectivity index (χ1) is 11.1. The molecule has 0 aliphatic carbocycles. The summed E-state index contributed by atoms with van der Waals surface area (Å²) in [6, 6.07) is 6.24. The molecule has 1 saturated heterocycles. The molecule has 1 aliphatic heterocycles. The van der Waals surface area contributed by atoms with Gasteiger partial charge in [0.05, 0.1) is 22.6 Å². The number of hydrogen-bond donors (Lipinski definition) is 2. The Morgan fingerprint density at radius 1 is 1.35 bits per heavy atom. The molecule has 0 bridgehead atoms. The van der Waals surface area contributed by atoms with Crippen molar-refractivity contribution in [3.8, 4) is 5.69 Å². The summed E-state index contributed by atoms with van der Waals surface area (Å²) in [5, 5.41) is 10.8. The van der Waals surface area contributed by atoms with Crippen LogP contribution >= 0.6 is 0 Å². The highest BCUT2D eigenvalue weighted by atomic mass is 19.1. The van der Waals surface area contributed by atoms with Crippen molar-refractivity contribution in [3.63, 3.8) is 0 Å². The Hall–Kier alpha value is -2.21. The predicted molar refractivity (Wildman–Crippen MR) is 86.4 cm³/mol.